The maximum absolute atomic E-state index is 14.1. The number of nitrogens with zero attached hydrogens (tertiary/aromatic N) is 4. The van der Waals surface area contributed by atoms with Crippen LogP contribution in [0.2, 0.25) is 0 Å². The quantitative estimate of drug-likeness (QED) is 0.400. The van der Waals surface area contributed by atoms with E-state index in [9.17, 15) is 14.3 Å². The highest BCUT2D eigenvalue weighted by atomic mass is 19.1. The van der Waals surface area contributed by atoms with Crippen molar-refractivity contribution in [2.75, 3.05) is 32.7 Å². The molecule has 2 saturated heterocycles. The zero-order valence-corrected chi connectivity index (χ0v) is 23.4. The average molecular weight is 533 g/mol. The Morgan fingerprint density at radius 3 is 2.46 bits per heavy atom. The minimum Gasteiger partial charge on any atom is -0.480 e. The Morgan fingerprint density at radius 2 is 1.79 bits per heavy atom. The van der Waals surface area contributed by atoms with Crippen LogP contribution in [0.5, 0.6) is 0 Å². The first-order valence-corrected chi connectivity index (χ1v) is 14.3. The third-order valence-electron chi connectivity index (χ3n) is 8.92. The largest absolute Gasteiger partial charge is 0.480 e. The molecule has 3 aromatic rings. The van der Waals surface area contributed by atoms with Crippen LogP contribution in [-0.2, 0) is 17.8 Å². The summed E-state index contributed by atoms with van der Waals surface area (Å²) in [5, 5.41) is 14.8. The maximum atomic E-state index is 14.1. The fraction of sp³-hybridized carbons (Fsp3) is 0.500. The van der Waals surface area contributed by atoms with Gasteiger partial charge >= 0.3 is 5.97 Å². The number of hydrogen-bond donors (Lipinski definition) is 1. The van der Waals surface area contributed by atoms with Crippen molar-refractivity contribution >= 4 is 5.97 Å². The Kier molecular flexibility index (Phi) is 8.19. The number of likely N-dealkylation sites (tertiary alicyclic amines) is 2. The van der Waals surface area contributed by atoms with E-state index in [-0.39, 0.29) is 17.7 Å². The van der Waals surface area contributed by atoms with Crippen molar-refractivity contribution in [2.45, 2.75) is 64.0 Å². The summed E-state index contributed by atoms with van der Waals surface area (Å²) in [6.45, 7) is 10.8. The zero-order chi connectivity index (χ0) is 27.6. The van der Waals surface area contributed by atoms with Gasteiger partial charge < -0.3 is 10.0 Å². The van der Waals surface area contributed by atoms with Crippen LogP contribution in [0.15, 0.2) is 60.7 Å². The number of hydrogen-bond acceptors (Lipinski definition) is 4. The number of benzene rings is 2. The van der Waals surface area contributed by atoms with E-state index in [0.717, 1.165) is 56.7 Å². The van der Waals surface area contributed by atoms with Gasteiger partial charge in [0.2, 0.25) is 0 Å². The molecule has 2 atom stereocenters. The molecule has 5 rings (SSSR count). The number of rotatable bonds is 9. The van der Waals surface area contributed by atoms with Crippen LogP contribution in [0.3, 0.4) is 0 Å². The number of carbonyl (C=O) groups is 1. The van der Waals surface area contributed by atoms with Gasteiger partial charge in [0.05, 0.1) is 5.69 Å². The fourth-order valence-corrected chi connectivity index (χ4v) is 6.47. The first-order chi connectivity index (χ1) is 18.7. The van der Waals surface area contributed by atoms with Crippen LogP contribution in [0.1, 0.15) is 68.0 Å². The minimum absolute atomic E-state index is 0.110. The first kappa shape index (κ1) is 27.5. The lowest BCUT2D eigenvalue weighted by Crippen LogP contribution is -2.49. The summed E-state index contributed by atoms with van der Waals surface area (Å²) in [4.78, 5) is 16.6. The molecular formula is C32H41FN4O2. The Bertz CT molecular complexity index is 1270. The lowest BCUT2D eigenvalue weighted by atomic mass is 9.87. The number of aromatic nitrogens is 2. The molecule has 7 heteroatoms. The average Bonchev–Trinajstić information content (AvgIpc) is 3.54. The normalized spacial score (nSPS) is 21.4. The van der Waals surface area contributed by atoms with Crippen molar-refractivity contribution in [1.29, 1.82) is 0 Å². The Labute approximate surface area is 231 Å². The van der Waals surface area contributed by atoms with E-state index < -0.39 is 11.5 Å². The molecule has 2 aromatic carbocycles. The molecule has 6 nitrogen and oxygen atoms in total. The van der Waals surface area contributed by atoms with Crippen LogP contribution < -0.4 is 0 Å². The van der Waals surface area contributed by atoms with E-state index in [1.807, 2.05) is 12.1 Å². The molecule has 2 aliphatic rings. The van der Waals surface area contributed by atoms with E-state index in [4.69, 9.17) is 5.10 Å². The van der Waals surface area contributed by atoms with Gasteiger partial charge in [-0.15, -0.1) is 0 Å². The van der Waals surface area contributed by atoms with Crippen molar-refractivity contribution in [3.05, 3.63) is 89.0 Å². The summed E-state index contributed by atoms with van der Waals surface area (Å²) >= 11 is 0. The van der Waals surface area contributed by atoms with Crippen molar-refractivity contribution in [2.24, 2.45) is 5.92 Å². The van der Waals surface area contributed by atoms with Gasteiger partial charge in [-0.1, -0.05) is 42.5 Å². The molecule has 2 aliphatic heterocycles. The van der Waals surface area contributed by atoms with Crippen LogP contribution in [0.4, 0.5) is 4.39 Å². The highest BCUT2D eigenvalue weighted by Crippen LogP contribution is 2.38. The van der Waals surface area contributed by atoms with Crippen LogP contribution in [0.25, 0.3) is 0 Å². The van der Waals surface area contributed by atoms with Gasteiger partial charge in [-0.25, -0.2) is 4.39 Å². The van der Waals surface area contributed by atoms with E-state index in [1.165, 1.54) is 17.3 Å². The Balaban J connectivity index is 1.25. The van der Waals surface area contributed by atoms with Gasteiger partial charge in [-0.3, -0.25) is 14.4 Å². The predicted octanol–water partition coefficient (Wildman–Crippen LogP) is 5.39. The number of piperidine rings is 1. The summed E-state index contributed by atoms with van der Waals surface area (Å²) in [5.74, 6) is -0.202. The van der Waals surface area contributed by atoms with Crippen LogP contribution >= 0.6 is 0 Å². The molecule has 1 N–H and O–H groups in total. The first-order valence-electron chi connectivity index (χ1n) is 14.3. The third kappa shape index (κ3) is 6.10. The monoisotopic (exact) mass is 532 g/mol. The summed E-state index contributed by atoms with van der Waals surface area (Å²) in [5.41, 5.74) is 3.77. The van der Waals surface area contributed by atoms with Crippen LogP contribution in [0, 0.1) is 11.7 Å². The molecule has 2 fully saturated rings. The standard InChI is InChI=1S/C32H41FN4O2/c1-4-37-30(19-28(34-37)17-23-9-6-5-7-10-23)24-13-15-35(16-14-24)20-26-21-36(32(2,3)31(38)39)22-29(26)25-11-8-12-27(33)18-25/h5-12,18-19,24,26,29H,4,13-17,20-22H2,1-3H3,(H,38,39). The predicted molar refractivity (Wildman–Crippen MR) is 151 cm³/mol. The van der Waals surface area contributed by atoms with Gasteiger partial charge in [0.25, 0.3) is 0 Å². The molecule has 39 heavy (non-hydrogen) atoms. The van der Waals surface area contributed by atoms with Gasteiger partial charge in [0.15, 0.2) is 0 Å². The number of aliphatic carboxylic acids is 1. The molecule has 0 spiro atoms. The maximum Gasteiger partial charge on any atom is 0.323 e. The van der Waals surface area contributed by atoms with Crippen molar-refractivity contribution in [1.82, 2.24) is 19.6 Å². The second kappa shape index (κ2) is 11.6. The number of aryl methyl sites for hydroxylation is 1. The zero-order valence-electron chi connectivity index (χ0n) is 23.4. The Morgan fingerprint density at radius 1 is 1.05 bits per heavy atom. The van der Waals surface area contributed by atoms with E-state index >= 15 is 0 Å². The molecule has 208 valence electrons. The molecule has 0 amide bonds. The fourth-order valence-electron chi connectivity index (χ4n) is 6.47. The molecule has 0 saturated carbocycles. The number of carboxylic acids is 1. The van der Waals surface area contributed by atoms with Crippen molar-refractivity contribution < 1.29 is 14.3 Å². The van der Waals surface area contributed by atoms with Gasteiger partial charge in [0.1, 0.15) is 11.4 Å². The van der Waals surface area contributed by atoms with Gasteiger partial charge in [0, 0.05) is 50.1 Å². The van der Waals surface area contributed by atoms with Gasteiger partial charge in [-0.2, -0.15) is 5.10 Å². The Hall–Kier alpha value is -3.03. The second-order valence-electron chi connectivity index (χ2n) is 11.8. The van der Waals surface area contributed by atoms with E-state index in [0.29, 0.717) is 19.0 Å². The number of halogens is 1. The molecule has 2 unspecified atom stereocenters. The smallest absolute Gasteiger partial charge is 0.323 e. The third-order valence-corrected chi connectivity index (χ3v) is 8.92. The molecule has 0 aliphatic carbocycles. The van der Waals surface area contributed by atoms with Crippen molar-refractivity contribution in [3.63, 3.8) is 0 Å². The molecule has 3 heterocycles. The molecule has 1 aromatic heterocycles. The topological polar surface area (TPSA) is 61.6 Å². The highest BCUT2D eigenvalue weighted by Gasteiger charge is 2.44. The lowest BCUT2D eigenvalue weighted by molar-refractivity contribution is -0.148. The summed E-state index contributed by atoms with van der Waals surface area (Å²) in [7, 11) is 0. The molecular weight excluding hydrogens is 491 g/mol. The minimum atomic E-state index is -0.955. The second-order valence-corrected chi connectivity index (χ2v) is 11.8. The van der Waals surface area contributed by atoms with Gasteiger partial charge in [-0.05, 0) is 81.9 Å². The highest BCUT2D eigenvalue weighted by molar-refractivity contribution is 5.77. The number of carboxylic acid groups (broad SMARTS) is 1. The summed E-state index contributed by atoms with van der Waals surface area (Å²) < 4.78 is 16.3. The van der Waals surface area contributed by atoms with Crippen molar-refractivity contribution in [3.8, 4) is 0 Å². The molecule has 0 bridgehead atoms. The summed E-state index contributed by atoms with van der Waals surface area (Å²) in [6, 6.07) is 19.7. The van der Waals surface area contributed by atoms with Crippen LogP contribution in [-0.4, -0.2) is 68.9 Å². The summed E-state index contributed by atoms with van der Waals surface area (Å²) in [6.07, 6.45) is 3.02. The lowest BCUT2D eigenvalue weighted by Gasteiger charge is -2.35. The SMILES string of the molecule is CCn1nc(Cc2ccccc2)cc1C1CCN(CC2CN(C(C)(C)C(=O)O)CC2c2cccc(F)c2)CC1. The van der Waals surface area contributed by atoms with E-state index in [1.54, 1.807) is 26.0 Å². The van der Waals surface area contributed by atoms with E-state index in [2.05, 4.69) is 51.7 Å². The molecule has 0 radical (unpaired) electrons.